The van der Waals surface area contributed by atoms with Crippen LogP contribution >= 0.6 is 15.9 Å². The standard InChI is InChI=1S/C29H42BrNO2/c1-3-5-6-7-8-9-10-11-19-27(15-4-2)33-28-20-13-12-17-25(28)22-29(32)31-26-18-14-16-24(21-26)23-30/h12-14,16-18,20-21,27H,3-11,15,19,22-23H2,1-2H3,(H,31,32). The lowest BCUT2D eigenvalue weighted by Gasteiger charge is -2.21. The molecule has 1 unspecified atom stereocenters. The minimum atomic E-state index is -0.0205. The second-order valence-corrected chi connectivity index (χ2v) is 9.52. The van der Waals surface area contributed by atoms with Crippen molar-refractivity contribution >= 4 is 27.5 Å². The summed E-state index contributed by atoms with van der Waals surface area (Å²) in [7, 11) is 0. The van der Waals surface area contributed by atoms with E-state index in [0.29, 0.717) is 6.42 Å². The van der Waals surface area contributed by atoms with Crippen LogP contribution in [0.25, 0.3) is 0 Å². The summed E-state index contributed by atoms with van der Waals surface area (Å²) in [6.07, 6.45) is 14.4. The molecule has 0 aliphatic carbocycles. The van der Waals surface area contributed by atoms with Crippen molar-refractivity contribution in [3.63, 3.8) is 0 Å². The zero-order valence-electron chi connectivity index (χ0n) is 20.6. The molecule has 0 aliphatic rings. The number of unbranched alkanes of at least 4 members (excludes halogenated alkanes) is 7. The Morgan fingerprint density at radius 3 is 2.33 bits per heavy atom. The number of benzene rings is 2. The maximum atomic E-state index is 12.7. The molecule has 2 aromatic carbocycles. The summed E-state index contributed by atoms with van der Waals surface area (Å²) in [5.74, 6) is 0.827. The van der Waals surface area contributed by atoms with E-state index in [1.165, 1.54) is 51.4 Å². The van der Waals surface area contributed by atoms with Gasteiger partial charge in [0, 0.05) is 16.6 Å². The summed E-state index contributed by atoms with van der Waals surface area (Å²) in [4.78, 5) is 12.7. The Hall–Kier alpha value is -1.81. The van der Waals surface area contributed by atoms with E-state index in [1.54, 1.807) is 0 Å². The van der Waals surface area contributed by atoms with Gasteiger partial charge in [0.25, 0.3) is 0 Å². The second-order valence-electron chi connectivity index (χ2n) is 8.96. The molecule has 0 aliphatic heterocycles. The summed E-state index contributed by atoms with van der Waals surface area (Å²) in [6, 6.07) is 15.9. The van der Waals surface area contributed by atoms with Crippen molar-refractivity contribution < 1.29 is 9.53 Å². The molecular weight excluding hydrogens is 474 g/mol. The summed E-state index contributed by atoms with van der Waals surface area (Å²) in [5, 5.41) is 3.79. The number of hydrogen-bond donors (Lipinski definition) is 1. The summed E-state index contributed by atoms with van der Waals surface area (Å²) in [5.41, 5.74) is 2.91. The van der Waals surface area contributed by atoms with E-state index in [2.05, 4.69) is 35.1 Å². The Morgan fingerprint density at radius 2 is 1.61 bits per heavy atom. The van der Waals surface area contributed by atoms with E-state index in [9.17, 15) is 4.79 Å². The Balaban J connectivity index is 1.86. The van der Waals surface area contributed by atoms with Gasteiger partial charge in [-0.05, 0) is 43.0 Å². The molecule has 0 heterocycles. The number of nitrogens with one attached hydrogen (secondary N) is 1. The van der Waals surface area contributed by atoms with Crippen molar-refractivity contribution in [1.29, 1.82) is 0 Å². The van der Waals surface area contributed by atoms with E-state index in [1.807, 2.05) is 48.5 Å². The molecule has 0 radical (unpaired) electrons. The van der Waals surface area contributed by atoms with Crippen molar-refractivity contribution in [3.8, 4) is 5.75 Å². The summed E-state index contributed by atoms with van der Waals surface area (Å²) >= 11 is 3.47. The number of halogens is 1. The first kappa shape index (κ1) is 27.4. The van der Waals surface area contributed by atoms with Crippen LogP contribution in [0.5, 0.6) is 5.75 Å². The molecule has 0 spiro atoms. The molecule has 3 nitrogen and oxygen atoms in total. The number of para-hydroxylation sites is 1. The quantitative estimate of drug-likeness (QED) is 0.168. The average molecular weight is 517 g/mol. The van der Waals surface area contributed by atoms with Crippen LogP contribution in [-0.2, 0) is 16.5 Å². The van der Waals surface area contributed by atoms with Crippen molar-refractivity contribution in [3.05, 3.63) is 59.7 Å². The molecule has 4 heteroatoms. The third-order valence-corrected chi connectivity index (χ3v) is 6.62. The third kappa shape index (κ3) is 11.2. The van der Waals surface area contributed by atoms with Gasteiger partial charge in [-0.3, -0.25) is 4.79 Å². The number of carbonyl (C=O) groups is 1. The smallest absolute Gasteiger partial charge is 0.228 e. The highest BCUT2D eigenvalue weighted by Crippen LogP contribution is 2.24. The SMILES string of the molecule is CCCCCCCCCCC(CCC)Oc1ccccc1CC(=O)Nc1cccc(CBr)c1. The van der Waals surface area contributed by atoms with E-state index in [4.69, 9.17) is 4.74 Å². The van der Waals surface area contributed by atoms with Crippen LogP contribution in [0.2, 0.25) is 0 Å². The van der Waals surface area contributed by atoms with Crippen LogP contribution in [0.4, 0.5) is 5.69 Å². The largest absolute Gasteiger partial charge is 0.490 e. The van der Waals surface area contributed by atoms with E-state index < -0.39 is 0 Å². The summed E-state index contributed by atoms with van der Waals surface area (Å²) in [6.45, 7) is 4.48. The van der Waals surface area contributed by atoms with Gasteiger partial charge in [0.05, 0.1) is 12.5 Å². The predicted octanol–water partition coefficient (Wildman–Crippen LogP) is 8.84. The van der Waals surface area contributed by atoms with E-state index >= 15 is 0 Å². The number of rotatable bonds is 17. The molecule has 0 saturated carbocycles. The minimum absolute atomic E-state index is 0.0205. The first-order valence-corrected chi connectivity index (χ1v) is 14.0. The monoisotopic (exact) mass is 515 g/mol. The number of alkyl halides is 1. The first-order chi connectivity index (χ1) is 16.2. The predicted molar refractivity (Wildman–Crippen MR) is 144 cm³/mol. The maximum absolute atomic E-state index is 12.7. The van der Waals surface area contributed by atoms with Crippen molar-refractivity contribution in [1.82, 2.24) is 0 Å². The van der Waals surface area contributed by atoms with Gasteiger partial charge >= 0.3 is 0 Å². The Kier molecular flexibility index (Phi) is 13.9. The van der Waals surface area contributed by atoms with Crippen LogP contribution in [0.1, 0.15) is 95.6 Å². The fraction of sp³-hybridized carbons (Fsp3) is 0.552. The molecule has 1 amide bonds. The van der Waals surface area contributed by atoms with Gasteiger partial charge in [-0.15, -0.1) is 0 Å². The Bertz CT molecular complexity index is 808. The molecule has 0 saturated heterocycles. The third-order valence-electron chi connectivity index (χ3n) is 5.97. The molecule has 1 N–H and O–H groups in total. The fourth-order valence-corrected chi connectivity index (χ4v) is 4.49. The average Bonchev–Trinajstić information content (AvgIpc) is 2.82. The van der Waals surface area contributed by atoms with E-state index in [-0.39, 0.29) is 12.0 Å². The van der Waals surface area contributed by atoms with Gasteiger partial charge in [0.15, 0.2) is 0 Å². The van der Waals surface area contributed by atoms with Gasteiger partial charge in [-0.2, -0.15) is 0 Å². The van der Waals surface area contributed by atoms with Crippen LogP contribution < -0.4 is 10.1 Å². The maximum Gasteiger partial charge on any atom is 0.228 e. The molecular formula is C29H42BrNO2. The zero-order chi connectivity index (χ0) is 23.7. The molecule has 0 fully saturated rings. The molecule has 0 aromatic heterocycles. The fourth-order valence-electron chi connectivity index (χ4n) is 4.14. The highest BCUT2D eigenvalue weighted by atomic mass is 79.9. The normalized spacial score (nSPS) is 11.8. The Labute approximate surface area is 209 Å². The van der Waals surface area contributed by atoms with Crippen LogP contribution in [0.3, 0.4) is 0 Å². The number of carbonyl (C=O) groups excluding carboxylic acids is 1. The minimum Gasteiger partial charge on any atom is -0.490 e. The first-order valence-electron chi connectivity index (χ1n) is 12.9. The van der Waals surface area contributed by atoms with E-state index in [0.717, 1.165) is 47.2 Å². The number of hydrogen-bond acceptors (Lipinski definition) is 2. The van der Waals surface area contributed by atoms with Crippen molar-refractivity contribution in [2.45, 2.75) is 102 Å². The molecule has 33 heavy (non-hydrogen) atoms. The van der Waals surface area contributed by atoms with Gasteiger partial charge in [0.2, 0.25) is 5.91 Å². The number of amides is 1. The number of ether oxygens (including phenoxy) is 1. The topological polar surface area (TPSA) is 38.3 Å². The van der Waals surface area contributed by atoms with Crippen LogP contribution in [0.15, 0.2) is 48.5 Å². The van der Waals surface area contributed by atoms with Crippen LogP contribution in [-0.4, -0.2) is 12.0 Å². The van der Waals surface area contributed by atoms with Gasteiger partial charge in [-0.1, -0.05) is 111 Å². The highest BCUT2D eigenvalue weighted by Gasteiger charge is 2.14. The van der Waals surface area contributed by atoms with Crippen molar-refractivity contribution in [2.75, 3.05) is 5.32 Å². The summed E-state index contributed by atoms with van der Waals surface area (Å²) < 4.78 is 6.45. The number of anilines is 1. The molecule has 182 valence electrons. The van der Waals surface area contributed by atoms with Gasteiger partial charge < -0.3 is 10.1 Å². The molecule has 0 bridgehead atoms. The molecule has 1 atom stereocenters. The Morgan fingerprint density at radius 1 is 0.879 bits per heavy atom. The lowest BCUT2D eigenvalue weighted by molar-refractivity contribution is -0.115. The highest BCUT2D eigenvalue weighted by molar-refractivity contribution is 9.08. The van der Waals surface area contributed by atoms with Crippen molar-refractivity contribution in [2.24, 2.45) is 0 Å². The van der Waals surface area contributed by atoms with Gasteiger partial charge in [0.1, 0.15) is 5.75 Å². The lowest BCUT2D eigenvalue weighted by Crippen LogP contribution is -2.19. The lowest BCUT2D eigenvalue weighted by atomic mass is 10.0. The second kappa shape index (κ2) is 16.7. The zero-order valence-corrected chi connectivity index (χ0v) is 22.2. The van der Waals surface area contributed by atoms with Gasteiger partial charge in [-0.25, -0.2) is 0 Å². The van der Waals surface area contributed by atoms with Crippen LogP contribution in [0, 0.1) is 0 Å². The molecule has 2 rings (SSSR count). The molecule has 2 aromatic rings.